The van der Waals surface area contributed by atoms with Crippen LogP contribution in [0.3, 0.4) is 0 Å². The standard InChI is InChI=1S/C34H44ClF2N6O3PS2/c1-4-26-29(39-21-40-31(26)42-49(45,46)25-9-10-28(38)30(17-25)48-34(36,37)47)19-41-33(44)13-15-43(16-14-33)20-23-11-12-32(2,3)18-27(23)22-5-7-24(35)8-6-22/h5-10,17,21,41,44H,4,11-16,18-20,38,47H2,1-3H3,(H,39,40,42). The number of alkyl halides is 2. The molecule has 1 aliphatic heterocycles. The molecule has 1 fully saturated rings. The molecule has 15 heteroatoms. The van der Waals surface area contributed by atoms with E-state index < -0.39 is 20.7 Å². The average Bonchev–Trinajstić information content (AvgIpc) is 3.02. The third-order valence-electron chi connectivity index (χ3n) is 9.22. The molecule has 3 aromatic rings. The number of thioether (sulfide) groups is 1. The van der Waals surface area contributed by atoms with E-state index in [0.717, 1.165) is 36.9 Å². The zero-order chi connectivity index (χ0) is 35.6. The third-order valence-corrected chi connectivity index (χ3v) is 12.0. The van der Waals surface area contributed by atoms with Crippen molar-refractivity contribution in [1.82, 2.24) is 20.2 Å². The van der Waals surface area contributed by atoms with Crippen molar-refractivity contribution in [2.45, 2.75) is 86.4 Å². The van der Waals surface area contributed by atoms with E-state index in [-0.39, 0.29) is 45.0 Å². The van der Waals surface area contributed by atoms with Gasteiger partial charge in [0.2, 0.25) is 0 Å². The maximum atomic E-state index is 13.6. The SMILES string of the molecule is CCc1c(CNC2(O)CCN(CC3=C(c4ccc(Cl)cc4)CC(C)(C)CC3)CC2)ncnc1NS(=O)(=O)c1ccc(N)c(SC(F)(F)P)c1. The van der Waals surface area contributed by atoms with E-state index in [1.165, 1.54) is 44.4 Å². The van der Waals surface area contributed by atoms with Gasteiger partial charge in [-0.2, -0.15) is 8.78 Å². The van der Waals surface area contributed by atoms with Crippen molar-refractivity contribution in [2.75, 3.05) is 30.1 Å². The van der Waals surface area contributed by atoms with E-state index in [9.17, 15) is 22.3 Å². The molecule has 0 bridgehead atoms. The summed E-state index contributed by atoms with van der Waals surface area (Å²) in [4.78, 5) is 7.45. The van der Waals surface area contributed by atoms with Gasteiger partial charge in [0.15, 0.2) is 0 Å². The van der Waals surface area contributed by atoms with Gasteiger partial charge >= 0.3 is 5.00 Å². The monoisotopic (exact) mass is 752 g/mol. The Balaban J connectivity index is 1.24. The van der Waals surface area contributed by atoms with Gasteiger partial charge in [-0.25, -0.2) is 18.4 Å². The predicted molar refractivity (Wildman–Crippen MR) is 197 cm³/mol. The first-order valence-electron chi connectivity index (χ1n) is 16.2. The number of rotatable bonds is 12. The minimum Gasteiger partial charge on any atom is -0.398 e. The number of aliphatic hydroxyl groups is 1. The topological polar surface area (TPSA) is 133 Å². The van der Waals surface area contributed by atoms with Gasteiger partial charge in [0.25, 0.3) is 10.0 Å². The van der Waals surface area contributed by atoms with Gasteiger partial charge in [0, 0.05) is 60.2 Å². The summed E-state index contributed by atoms with van der Waals surface area (Å²) in [6, 6.07) is 11.8. The van der Waals surface area contributed by atoms with Crippen molar-refractivity contribution in [2.24, 2.45) is 5.41 Å². The highest BCUT2D eigenvalue weighted by Crippen LogP contribution is 2.45. The summed E-state index contributed by atoms with van der Waals surface area (Å²) in [6.45, 7) is 8.97. The number of nitrogens with zero attached hydrogens (tertiary/aromatic N) is 3. The minimum absolute atomic E-state index is 0.0392. The minimum atomic E-state index is -4.20. The molecule has 266 valence electrons. The fraction of sp³-hybridized carbons (Fsp3) is 0.471. The van der Waals surface area contributed by atoms with Crippen LogP contribution in [0.25, 0.3) is 5.57 Å². The number of halogens is 3. The van der Waals surface area contributed by atoms with Crippen molar-refractivity contribution in [3.63, 3.8) is 0 Å². The number of hydrogen-bond acceptors (Lipinski definition) is 9. The molecule has 2 heterocycles. The number of piperidine rings is 1. The van der Waals surface area contributed by atoms with Gasteiger partial charge in [0.1, 0.15) is 17.9 Å². The van der Waals surface area contributed by atoms with Crippen molar-refractivity contribution < 1.29 is 22.3 Å². The van der Waals surface area contributed by atoms with Crippen molar-refractivity contribution in [3.8, 4) is 0 Å². The van der Waals surface area contributed by atoms with Crippen LogP contribution in [-0.4, -0.2) is 58.7 Å². The van der Waals surface area contributed by atoms with Crippen LogP contribution in [0.15, 0.2) is 64.2 Å². The zero-order valence-corrected chi connectivity index (χ0v) is 31.4. The van der Waals surface area contributed by atoms with Gasteiger partial charge in [-0.05, 0) is 93.6 Å². The lowest BCUT2D eigenvalue weighted by Crippen LogP contribution is -2.53. The van der Waals surface area contributed by atoms with E-state index >= 15 is 0 Å². The molecule has 0 spiro atoms. The van der Waals surface area contributed by atoms with Gasteiger partial charge in [0.05, 0.1) is 10.6 Å². The van der Waals surface area contributed by atoms with E-state index in [4.69, 9.17) is 17.3 Å². The Kier molecular flexibility index (Phi) is 11.6. The van der Waals surface area contributed by atoms with Crippen LogP contribution in [-0.2, 0) is 23.0 Å². The maximum absolute atomic E-state index is 13.6. The Morgan fingerprint density at radius 3 is 2.47 bits per heavy atom. The lowest BCUT2D eigenvalue weighted by Gasteiger charge is -2.41. The largest absolute Gasteiger partial charge is 0.398 e. The van der Waals surface area contributed by atoms with Crippen LogP contribution in [0.1, 0.15) is 69.7 Å². The molecule has 49 heavy (non-hydrogen) atoms. The summed E-state index contributed by atoms with van der Waals surface area (Å²) in [5.74, 6) is 0.0824. The Labute approximate surface area is 299 Å². The summed E-state index contributed by atoms with van der Waals surface area (Å²) in [7, 11) is -2.80. The van der Waals surface area contributed by atoms with Crippen LogP contribution in [0.5, 0.6) is 0 Å². The van der Waals surface area contributed by atoms with E-state index in [1.807, 2.05) is 19.1 Å². The van der Waals surface area contributed by atoms with Crippen molar-refractivity contribution in [1.29, 1.82) is 0 Å². The fourth-order valence-electron chi connectivity index (χ4n) is 6.40. The molecule has 1 aliphatic carbocycles. The molecule has 2 aromatic carbocycles. The molecule has 1 saturated heterocycles. The van der Waals surface area contributed by atoms with Crippen LogP contribution in [0.2, 0.25) is 5.02 Å². The number of hydrogen-bond donors (Lipinski definition) is 4. The first kappa shape index (κ1) is 37.9. The summed E-state index contributed by atoms with van der Waals surface area (Å²) in [5, 5.41) is 15.5. The zero-order valence-electron chi connectivity index (χ0n) is 27.9. The number of sulfonamides is 1. The molecule has 1 aromatic heterocycles. The number of anilines is 2. The summed E-state index contributed by atoms with van der Waals surface area (Å²) >= 11 is 6.32. The smallest absolute Gasteiger partial charge is 0.308 e. The van der Waals surface area contributed by atoms with E-state index in [2.05, 4.69) is 50.9 Å². The first-order chi connectivity index (χ1) is 23.0. The molecule has 5 N–H and O–H groups in total. The molecule has 5 rings (SSSR count). The predicted octanol–water partition coefficient (Wildman–Crippen LogP) is 7.13. The number of aromatic nitrogens is 2. The highest BCUT2D eigenvalue weighted by molar-refractivity contribution is 8.03. The number of nitrogens with two attached hydrogens (primary N) is 1. The molecular weight excluding hydrogens is 709 g/mol. The first-order valence-corrected chi connectivity index (χ1v) is 19.5. The van der Waals surface area contributed by atoms with Crippen LogP contribution in [0.4, 0.5) is 20.3 Å². The van der Waals surface area contributed by atoms with Crippen LogP contribution >= 0.6 is 32.6 Å². The Hall–Kier alpha value is -2.38. The molecular formula is C34H44ClF2N6O3PS2. The summed E-state index contributed by atoms with van der Waals surface area (Å²) in [6.07, 6.45) is 5.88. The average molecular weight is 753 g/mol. The Bertz CT molecular complexity index is 1800. The van der Waals surface area contributed by atoms with E-state index in [1.54, 1.807) is 0 Å². The molecule has 0 saturated carbocycles. The van der Waals surface area contributed by atoms with E-state index in [0.29, 0.717) is 43.6 Å². The number of nitrogen functional groups attached to an aromatic ring is 1. The molecule has 2 aliphatic rings. The number of likely N-dealkylation sites (tertiary alicyclic amines) is 1. The highest BCUT2D eigenvalue weighted by Gasteiger charge is 2.34. The Morgan fingerprint density at radius 1 is 1.12 bits per heavy atom. The van der Waals surface area contributed by atoms with Gasteiger partial charge in [-0.1, -0.05) is 50.1 Å². The number of allylic oxidation sites excluding steroid dienone is 1. The molecule has 1 atom stereocenters. The normalized spacial score (nSPS) is 18.4. The molecule has 1 unspecified atom stereocenters. The lowest BCUT2D eigenvalue weighted by molar-refractivity contribution is -0.0489. The third kappa shape index (κ3) is 9.90. The van der Waals surface area contributed by atoms with Crippen LogP contribution in [0, 0.1) is 5.41 Å². The molecule has 0 radical (unpaired) electrons. The second kappa shape index (κ2) is 15.1. The number of benzene rings is 2. The second-order valence-electron chi connectivity index (χ2n) is 13.6. The summed E-state index contributed by atoms with van der Waals surface area (Å²) in [5.41, 5.74) is 10.1. The van der Waals surface area contributed by atoms with Gasteiger partial charge < -0.3 is 10.8 Å². The van der Waals surface area contributed by atoms with Crippen molar-refractivity contribution >= 4 is 59.7 Å². The van der Waals surface area contributed by atoms with Crippen molar-refractivity contribution in [3.05, 3.63) is 76.2 Å². The molecule has 0 amide bonds. The second-order valence-corrected chi connectivity index (χ2v) is 18.0. The maximum Gasteiger partial charge on any atom is 0.308 e. The van der Waals surface area contributed by atoms with Gasteiger partial charge in [-0.15, -0.1) is 0 Å². The van der Waals surface area contributed by atoms with Crippen LogP contribution < -0.4 is 15.8 Å². The highest BCUT2D eigenvalue weighted by atomic mass is 35.5. The summed E-state index contributed by atoms with van der Waals surface area (Å²) < 4.78 is 56.3. The number of nitrogens with one attached hydrogen (secondary N) is 2. The molecule has 9 nitrogen and oxygen atoms in total. The fourth-order valence-corrected chi connectivity index (χ4v) is 8.72. The Morgan fingerprint density at radius 2 is 1.82 bits per heavy atom. The quantitative estimate of drug-likeness (QED) is 0.0660. The van der Waals surface area contributed by atoms with Gasteiger partial charge in [-0.3, -0.25) is 14.9 Å². The lowest BCUT2D eigenvalue weighted by atomic mass is 9.72.